The Balaban J connectivity index is 1.52. The lowest BCUT2D eigenvalue weighted by Gasteiger charge is -2.05. The van der Waals surface area contributed by atoms with Crippen LogP contribution in [0, 0.1) is 0 Å². The molecule has 0 saturated carbocycles. The smallest absolute Gasteiger partial charge is 0.237 e. The Labute approximate surface area is 158 Å². The SMILES string of the molecule is COc1ccc(-c2ccc3nnc(SCC(=O)Nc4ccco4)n3n2)cc1. The molecule has 27 heavy (non-hydrogen) atoms. The van der Waals surface area contributed by atoms with E-state index in [-0.39, 0.29) is 11.7 Å². The number of fused-ring (bicyclic) bond motifs is 1. The Morgan fingerprint density at radius 2 is 2.04 bits per heavy atom. The highest BCUT2D eigenvalue weighted by atomic mass is 32.2. The first-order valence-corrected chi connectivity index (χ1v) is 9.04. The molecule has 0 aliphatic rings. The van der Waals surface area contributed by atoms with Crippen LogP contribution in [0.15, 0.2) is 64.4 Å². The minimum absolute atomic E-state index is 0.163. The summed E-state index contributed by atoms with van der Waals surface area (Å²) in [4.78, 5) is 12.0. The molecule has 1 N–H and O–H groups in total. The minimum Gasteiger partial charge on any atom is -0.497 e. The van der Waals surface area contributed by atoms with Gasteiger partial charge in [0.05, 0.1) is 24.8 Å². The molecule has 0 fully saturated rings. The van der Waals surface area contributed by atoms with Gasteiger partial charge in [0, 0.05) is 11.6 Å². The molecule has 0 aliphatic carbocycles. The van der Waals surface area contributed by atoms with E-state index in [4.69, 9.17) is 9.15 Å². The molecule has 0 aliphatic heterocycles. The van der Waals surface area contributed by atoms with Gasteiger partial charge in [-0.25, -0.2) is 0 Å². The van der Waals surface area contributed by atoms with Gasteiger partial charge in [-0.3, -0.25) is 10.1 Å². The third-order valence-corrected chi connectivity index (χ3v) is 4.66. The molecule has 8 nitrogen and oxygen atoms in total. The molecule has 0 unspecified atom stereocenters. The lowest BCUT2D eigenvalue weighted by molar-refractivity contribution is -0.113. The molecular weight excluding hydrogens is 366 g/mol. The number of nitrogens with zero attached hydrogens (tertiary/aromatic N) is 4. The van der Waals surface area contributed by atoms with Crippen molar-refractivity contribution in [3.05, 3.63) is 54.8 Å². The molecule has 4 rings (SSSR count). The summed E-state index contributed by atoms with van der Waals surface area (Å²) in [5, 5.41) is 16.0. The Morgan fingerprint density at radius 1 is 1.19 bits per heavy atom. The third-order valence-electron chi connectivity index (χ3n) is 3.74. The van der Waals surface area contributed by atoms with E-state index < -0.39 is 0 Å². The fraction of sp³-hybridized carbons (Fsp3) is 0.111. The summed E-state index contributed by atoms with van der Waals surface area (Å²) in [6, 6.07) is 14.7. The summed E-state index contributed by atoms with van der Waals surface area (Å²) >= 11 is 1.25. The van der Waals surface area contributed by atoms with Crippen molar-refractivity contribution >= 4 is 29.2 Å². The van der Waals surface area contributed by atoms with Crippen LogP contribution < -0.4 is 10.1 Å². The maximum atomic E-state index is 12.0. The van der Waals surface area contributed by atoms with Gasteiger partial charge in [0.25, 0.3) is 0 Å². The lowest BCUT2D eigenvalue weighted by atomic mass is 10.1. The molecule has 0 saturated heterocycles. The minimum atomic E-state index is -0.196. The predicted octanol–water partition coefficient (Wildman–Crippen LogP) is 3.12. The summed E-state index contributed by atoms with van der Waals surface area (Å²) in [6.07, 6.45) is 1.50. The topological polar surface area (TPSA) is 94.5 Å². The maximum Gasteiger partial charge on any atom is 0.237 e. The van der Waals surface area contributed by atoms with Gasteiger partial charge in [0.2, 0.25) is 11.1 Å². The highest BCUT2D eigenvalue weighted by Crippen LogP contribution is 2.23. The third kappa shape index (κ3) is 3.77. The number of hydrogen-bond acceptors (Lipinski definition) is 7. The van der Waals surface area contributed by atoms with E-state index in [0.29, 0.717) is 16.7 Å². The number of rotatable bonds is 6. The first-order chi connectivity index (χ1) is 13.2. The van der Waals surface area contributed by atoms with Crippen LogP contribution in [-0.2, 0) is 4.79 Å². The van der Waals surface area contributed by atoms with Crippen LogP contribution in [0.4, 0.5) is 5.88 Å². The number of carbonyl (C=O) groups excluding carboxylic acids is 1. The van der Waals surface area contributed by atoms with E-state index in [9.17, 15) is 4.79 Å². The average molecular weight is 381 g/mol. The van der Waals surface area contributed by atoms with Crippen molar-refractivity contribution in [1.82, 2.24) is 19.8 Å². The molecule has 3 aromatic heterocycles. The van der Waals surface area contributed by atoms with Crippen molar-refractivity contribution in [3.63, 3.8) is 0 Å². The molecule has 4 aromatic rings. The van der Waals surface area contributed by atoms with Crippen molar-refractivity contribution in [2.24, 2.45) is 0 Å². The number of methoxy groups -OCH3 is 1. The van der Waals surface area contributed by atoms with Crippen LogP contribution >= 0.6 is 11.8 Å². The number of hydrogen-bond donors (Lipinski definition) is 1. The Morgan fingerprint density at radius 3 is 2.78 bits per heavy atom. The molecule has 136 valence electrons. The predicted molar refractivity (Wildman–Crippen MR) is 101 cm³/mol. The van der Waals surface area contributed by atoms with E-state index in [2.05, 4.69) is 20.6 Å². The van der Waals surface area contributed by atoms with Crippen molar-refractivity contribution < 1.29 is 13.9 Å². The number of furan rings is 1. The lowest BCUT2D eigenvalue weighted by Crippen LogP contribution is -2.13. The highest BCUT2D eigenvalue weighted by Gasteiger charge is 2.12. The monoisotopic (exact) mass is 381 g/mol. The van der Waals surface area contributed by atoms with E-state index in [1.165, 1.54) is 18.0 Å². The Hall–Kier alpha value is -3.33. The molecule has 0 spiro atoms. The van der Waals surface area contributed by atoms with Gasteiger partial charge in [-0.15, -0.1) is 10.2 Å². The molecule has 3 heterocycles. The zero-order chi connectivity index (χ0) is 18.6. The van der Waals surface area contributed by atoms with Crippen LogP contribution in [0.3, 0.4) is 0 Å². The number of anilines is 1. The number of amides is 1. The van der Waals surface area contributed by atoms with Gasteiger partial charge < -0.3 is 9.15 Å². The highest BCUT2D eigenvalue weighted by molar-refractivity contribution is 7.99. The number of ether oxygens (including phenoxy) is 1. The molecular formula is C18H15N5O3S. The van der Waals surface area contributed by atoms with Gasteiger partial charge in [-0.05, 0) is 42.5 Å². The van der Waals surface area contributed by atoms with E-state index >= 15 is 0 Å². The first-order valence-electron chi connectivity index (χ1n) is 8.06. The standard InChI is InChI=1S/C18H15N5O3S/c1-25-13-6-4-12(5-7-13)14-8-9-15-20-21-18(23(15)22-14)27-11-16(24)19-17-3-2-10-26-17/h2-10H,11H2,1H3,(H,19,24). The number of nitrogens with one attached hydrogen (secondary N) is 1. The molecule has 0 radical (unpaired) electrons. The second-order valence-electron chi connectivity index (χ2n) is 5.51. The van der Waals surface area contributed by atoms with Gasteiger partial charge in [0.15, 0.2) is 11.5 Å². The number of carbonyl (C=O) groups is 1. The molecule has 0 atom stereocenters. The number of aromatic nitrogens is 4. The summed E-state index contributed by atoms with van der Waals surface area (Å²) in [6.45, 7) is 0. The number of thioether (sulfide) groups is 1. The Bertz CT molecular complexity index is 1060. The Kier molecular flexibility index (Phi) is 4.75. The van der Waals surface area contributed by atoms with Crippen LogP contribution in [0.5, 0.6) is 5.75 Å². The normalized spacial score (nSPS) is 10.9. The largest absolute Gasteiger partial charge is 0.497 e. The van der Waals surface area contributed by atoms with Crippen LogP contribution in [-0.4, -0.2) is 38.6 Å². The molecule has 1 aromatic carbocycles. The fourth-order valence-corrected chi connectivity index (χ4v) is 3.12. The van der Waals surface area contributed by atoms with Gasteiger partial charge in [-0.1, -0.05) is 11.8 Å². The summed E-state index contributed by atoms with van der Waals surface area (Å²) in [5.41, 5.74) is 2.32. The second kappa shape index (κ2) is 7.50. The fourth-order valence-electron chi connectivity index (χ4n) is 2.43. The van der Waals surface area contributed by atoms with Crippen molar-refractivity contribution in [2.45, 2.75) is 5.16 Å². The van der Waals surface area contributed by atoms with Gasteiger partial charge in [0.1, 0.15) is 5.75 Å². The zero-order valence-electron chi connectivity index (χ0n) is 14.3. The van der Waals surface area contributed by atoms with Crippen molar-refractivity contribution in [2.75, 3.05) is 18.2 Å². The molecule has 1 amide bonds. The zero-order valence-corrected chi connectivity index (χ0v) is 15.1. The quantitative estimate of drug-likeness (QED) is 0.513. The summed E-state index contributed by atoms with van der Waals surface area (Å²) < 4.78 is 11.9. The molecule has 9 heteroatoms. The van der Waals surface area contributed by atoms with E-state index in [0.717, 1.165) is 17.0 Å². The van der Waals surface area contributed by atoms with E-state index in [1.54, 1.807) is 23.8 Å². The van der Waals surface area contributed by atoms with Crippen molar-refractivity contribution in [1.29, 1.82) is 0 Å². The molecule has 0 bridgehead atoms. The summed E-state index contributed by atoms with van der Waals surface area (Å²) in [7, 11) is 1.63. The van der Waals surface area contributed by atoms with E-state index in [1.807, 2.05) is 36.4 Å². The van der Waals surface area contributed by atoms with Gasteiger partial charge in [-0.2, -0.15) is 9.61 Å². The first kappa shape index (κ1) is 17.1. The van der Waals surface area contributed by atoms with Crippen LogP contribution in [0.25, 0.3) is 16.9 Å². The van der Waals surface area contributed by atoms with Crippen molar-refractivity contribution in [3.8, 4) is 17.0 Å². The van der Waals surface area contributed by atoms with Crippen LogP contribution in [0.1, 0.15) is 0 Å². The maximum absolute atomic E-state index is 12.0. The number of benzene rings is 1. The second-order valence-corrected chi connectivity index (χ2v) is 6.46. The average Bonchev–Trinajstić information content (AvgIpc) is 3.35. The summed E-state index contributed by atoms with van der Waals surface area (Å²) in [5.74, 6) is 1.16. The van der Waals surface area contributed by atoms with Crippen LogP contribution in [0.2, 0.25) is 0 Å². The van der Waals surface area contributed by atoms with Gasteiger partial charge >= 0.3 is 0 Å².